The van der Waals surface area contributed by atoms with Crippen LogP contribution in [0.15, 0.2) is 5.16 Å². The molecular formula is C11H20N4O2S. The SMILES string of the molecule is CCn1c(C2C(C)(C)C2(C)C)nnc1S(N)(=O)=O. The predicted octanol–water partition coefficient (Wildman–Crippen LogP) is 1.10. The van der Waals surface area contributed by atoms with Gasteiger partial charge >= 0.3 is 0 Å². The summed E-state index contributed by atoms with van der Waals surface area (Å²) in [5, 5.41) is 12.8. The van der Waals surface area contributed by atoms with E-state index in [0.29, 0.717) is 6.54 Å². The highest BCUT2D eigenvalue weighted by Gasteiger charge is 2.67. The van der Waals surface area contributed by atoms with Gasteiger partial charge in [0, 0.05) is 12.5 Å². The molecule has 18 heavy (non-hydrogen) atoms. The van der Waals surface area contributed by atoms with Crippen LogP contribution in [-0.2, 0) is 16.6 Å². The van der Waals surface area contributed by atoms with Crippen molar-refractivity contribution in [2.24, 2.45) is 16.0 Å². The van der Waals surface area contributed by atoms with E-state index in [-0.39, 0.29) is 21.9 Å². The summed E-state index contributed by atoms with van der Waals surface area (Å²) in [5.74, 6) is 0.921. The molecule has 7 heteroatoms. The van der Waals surface area contributed by atoms with Gasteiger partial charge in [-0.1, -0.05) is 27.7 Å². The molecule has 2 N–H and O–H groups in total. The van der Waals surface area contributed by atoms with E-state index in [9.17, 15) is 8.42 Å². The van der Waals surface area contributed by atoms with E-state index in [1.54, 1.807) is 4.57 Å². The Balaban J connectivity index is 2.54. The fraction of sp³-hybridized carbons (Fsp3) is 0.818. The van der Waals surface area contributed by atoms with Gasteiger partial charge < -0.3 is 4.57 Å². The highest BCUT2D eigenvalue weighted by molar-refractivity contribution is 7.89. The van der Waals surface area contributed by atoms with Gasteiger partial charge in [0.25, 0.3) is 15.2 Å². The van der Waals surface area contributed by atoms with Crippen LogP contribution in [0.1, 0.15) is 46.4 Å². The van der Waals surface area contributed by atoms with Crippen LogP contribution in [-0.4, -0.2) is 23.2 Å². The second-order valence-electron chi connectivity index (χ2n) is 6.01. The molecule has 1 saturated carbocycles. The first-order valence-electron chi connectivity index (χ1n) is 6.01. The average Bonchev–Trinajstić information content (AvgIpc) is 2.57. The Labute approximate surface area is 108 Å². The van der Waals surface area contributed by atoms with Crippen molar-refractivity contribution in [2.45, 2.75) is 52.2 Å². The Hall–Kier alpha value is -0.950. The third kappa shape index (κ3) is 1.60. The molecule has 1 aliphatic rings. The van der Waals surface area contributed by atoms with Crippen molar-refractivity contribution in [3.63, 3.8) is 0 Å². The molecular weight excluding hydrogens is 252 g/mol. The van der Waals surface area contributed by atoms with Crippen molar-refractivity contribution in [1.29, 1.82) is 0 Å². The van der Waals surface area contributed by atoms with Crippen molar-refractivity contribution in [2.75, 3.05) is 0 Å². The molecule has 0 radical (unpaired) electrons. The second-order valence-corrected chi connectivity index (χ2v) is 7.46. The fourth-order valence-electron chi connectivity index (χ4n) is 2.86. The first kappa shape index (κ1) is 13.5. The van der Waals surface area contributed by atoms with Crippen LogP contribution in [0, 0.1) is 10.8 Å². The average molecular weight is 272 g/mol. The summed E-state index contributed by atoms with van der Waals surface area (Å²) in [4.78, 5) is 0. The van der Waals surface area contributed by atoms with Gasteiger partial charge in [0.15, 0.2) is 0 Å². The summed E-state index contributed by atoms with van der Waals surface area (Å²) in [6.45, 7) is 11.0. The van der Waals surface area contributed by atoms with E-state index in [1.165, 1.54) is 0 Å². The number of nitrogens with zero attached hydrogens (tertiary/aromatic N) is 3. The predicted molar refractivity (Wildman–Crippen MR) is 67.4 cm³/mol. The Bertz CT molecular complexity index is 572. The number of primary sulfonamides is 1. The standard InChI is InChI=1S/C11H20N4O2S/c1-6-15-8(7-10(2,3)11(7,4)5)13-14-9(15)18(12,16)17/h7H,6H2,1-5H3,(H2,12,16,17). The molecule has 0 saturated heterocycles. The quantitative estimate of drug-likeness (QED) is 0.891. The molecule has 1 aromatic rings. The smallest absolute Gasteiger partial charge is 0.273 e. The molecule has 102 valence electrons. The largest absolute Gasteiger partial charge is 0.301 e. The minimum Gasteiger partial charge on any atom is -0.301 e. The van der Waals surface area contributed by atoms with Gasteiger partial charge in [0.05, 0.1) is 0 Å². The minimum atomic E-state index is -3.82. The van der Waals surface area contributed by atoms with Crippen molar-refractivity contribution in [3.8, 4) is 0 Å². The fourth-order valence-corrected chi connectivity index (χ4v) is 3.55. The van der Waals surface area contributed by atoms with Crippen LogP contribution in [0.2, 0.25) is 0 Å². The molecule has 0 atom stereocenters. The van der Waals surface area contributed by atoms with Crippen LogP contribution < -0.4 is 5.14 Å². The zero-order valence-electron chi connectivity index (χ0n) is 11.4. The van der Waals surface area contributed by atoms with Crippen molar-refractivity contribution >= 4 is 10.0 Å². The molecule has 1 fully saturated rings. The van der Waals surface area contributed by atoms with Gasteiger partial charge in [-0.05, 0) is 17.8 Å². The molecule has 0 spiro atoms. The minimum absolute atomic E-state index is 0.0859. The van der Waals surface area contributed by atoms with Gasteiger partial charge in [-0.3, -0.25) is 0 Å². The number of rotatable bonds is 3. The van der Waals surface area contributed by atoms with Crippen molar-refractivity contribution < 1.29 is 8.42 Å². The number of nitrogens with two attached hydrogens (primary N) is 1. The Morgan fingerprint density at radius 1 is 1.22 bits per heavy atom. The summed E-state index contributed by atoms with van der Waals surface area (Å²) in [5.41, 5.74) is 0.172. The monoisotopic (exact) mass is 272 g/mol. The molecule has 0 unspecified atom stereocenters. The molecule has 1 heterocycles. The first-order valence-corrected chi connectivity index (χ1v) is 7.55. The van der Waals surface area contributed by atoms with Gasteiger partial charge in [-0.15, -0.1) is 10.2 Å². The normalized spacial score (nSPS) is 22.1. The summed E-state index contributed by atoms with van der Waals surface area (Å²) < 4.78 is 24.5. The molecule has 1 aliphatic carbocycles. The topological polar surface area (TPSA) is 90.9 Å². The lowest BCUT2D eigenvalue weighted by Crippen LogP contribution is -2.19. The molecule has 2 rings (SSSR count). The Morgan fingerprint density at radius 3 is 2.06 bits per heavy atom. The number of hydrogen-bond donors (Lipinski definition) is 1. The molecule has 0 aromatic carbocycles. The Morgan fingerprint density at radius 2 is 1.72 bits per heavy atom. The first-order chi connectivity index (χ1) is 8.05. The maximum Gasteiger partial charge on any atom is 0.273 e. The number of aromatic nitrogens is 3. The lowest BCUT2D eigenvalue weighted by Gasteiger charge is -2.07. The van der Waals surface area contributed by atoms with Crippen LogP contribution in [0.3, 0.4) is 0 Å². The van der Waals surface area contributed by atoms with Gasteiger partial charge in [0.2, 0.25) is 0 Å². The maximum absolute atomic E-state index is 11.4. The zero-order chi connectivity index (χ0) is 13.9. The molecule has 6 nitrogen and oxygen atoms in total. The lowest BCUT2D eigenvalue weighted by atomic mass is 10.0. The third-order valence-corrected chi connectivity index (χ3v) is 5.41. The number of hydrogen-bond acceptors (Lipinski definition) is 4. The molecule has 0 amide bonds. The van der Waals surface area contributed by atoms with Crippen LogP contribution in [0.5, 0.6) is 0 Å². The Kier molecular flexibility index (Phi) is 2.65. The van der Waals surface area contributed by atoms with E-state index in [1.807, 2.05) is 6.92 Å². The summed E-state index contributed by atoms with van der Waals surface area (Å²) in [7, 11) is -3.82. The highest BCUT2D eigenvalue weighted by atomic mass is 32.2. The number of sulfonamides is 1. The maximum atomic E-state index is 11.4. The zero-order valence-corrected chi connectivity index (χ0v) is 12.2. The van der Waals surface area contributed by atoms with Crippen LogP contribution in [0.25, 0.3) is 0 Å². The second kappa shape index (κ2) is 3.54. The van der Waals surface area contributed by atoms with Crippen LogP contribution >= 0.6 is 0 Å². The molecule has 0 aliphatic heterocycles. The highest BCUT2D eigenvalue weighted by Crippen LogP contribution is 2.73. The third-order valence-electron chi connectivity index (χ3n) is 4.60. The molecule has 0 bridgehead atoms. The summed E-state index contributed by atoms with van der Waals surface area (Å²) in [6.07, 6.45) is 0. The van der Waals surface area contributed by atoms with E-state index in [2.05, 4.69) is 37.9 Å². The lowest BCUT2D eigenvalue weighted by molar-refractivity contribution is 0.457. The van der Waals surface area contributed by atoms with Crippen molar-refractivity contribution in [1.82, 2.24) is 14.8 Å². The van der Waals surface area contributed by atoms with Crippen molar-refractivity contribution in [3.05, 3.63) is 5.82 Å². The van der Waals surface area contributed by atoms with Gasteiger partial charge in [-0.25, -0.2) is 13.6 Å². The van der Waals surface area contributed by atoms with E-state index < -0.39 is 10.0 Å². The molecule has 1 aromatic heterocycles. The van der Waals surface area contributed by atoms with E-state index in [4.69, 9.17) is 5.14 Å². The summed E-state index contributed by atoms with van der Waals surface area (Å²) in [6, 6.07) is 0. The summed E-state index contributed by atoms with van der Waals surface area (Å²) >= 11 is 0. The van der Waals surface area contributed by atoms with Crippen LogP contribution in [0.4, 0.5) is 0 Å². The van der Waals surface area contributed by atoms with Gasteiger partial charge in [0.1, 0.15) is 5.82 Å². The van der Waals surface area contributed by atoms with E-state index >= 15 is 0 Å². The van der Waals surface area contributed by atoms with Gasteiger partial charge in [-0.2, -0.15) is 0 Å². The van der Waals surface area contributed by atoms with E-state index in [0.717, 1.165) is 5.82 Å².